The molecule has 1 aliphatic carbocycles. The summed E-state index contributed by atoms with van der Waals surface area (Å²) < 4.78 is 0. The van der Waals surface area contributed by atoms with Gasteiger partial charge in [-0.3, -0.25) is 0 Å². The molecule has 3 heteroatoms. The summed E-state index contributed by atoms with van der Waals surface area (Å²) in [4.78, 5) is 8.25. The van der Waals surface area contributed by atoms with Crippen LogP contribution in [0, 0.1) is 11.8 Å². The van der Waals surface area contributed by atoms with Crippen LogP contribution in [0.1, 0.15) is 30.7 Å². The molecule has 1 saturated carbocycles. The fourth-order valence-corrected chi connectivity index (χ4v) is 3.18. The fourth-order valence-electron chi connectivity index (χ4n) is 3.18. The molecule has 2 heterocycles. The summed E-state index contributed by atoms with van der Waals surface area (Å²) in [5.41, 5.74) is 1.34. The Morgan fingerprint density at radius 1 is 1.00 bits per heavy atom. The summed E-state index contributed by atoms with van der Waals surface area (Å²) in [5, 5.41) is 3.53. The first-order valence-electron chi connectivity index (χ1n) is 5.87. The maximum Gasteiger partial charge on any atom is 0.115 e. The largest absolute Gasteiger partial charge is 0.316 e. The molecule has 0 radical (unpaired) electrons. The lowest BCUT2D eigenvalue weighted by Crippen LogP contribution is -2.40. The van der Waals surface area contributed by atoms with E-state index >= 15 is 0 Å². The number of nitrogens with zero attached hydrogens (tertiary/aromatic N) is 2. The number of aromatic nitrogens is 2. The standard InChI is InChI=1S/C12H17N3/c1-9-2-11(3-10(1)5-13-4-9)12-6-14-8-15-7-12/h6-11,13H,1-5H2. The van der Waals surface area contributed by atoms with E-state index in [-0.39, 0.29) is 0 Å². The van der Waals surface area contributed by atoms with Crippen LogP contribution in [0.25, 0.3) is 0 Å². The van der Waals surface area contributed by atoms with Gasteiger partial charge in [0.25, 0.3) is 0 Å². The number of fused-ring (bicyclic) bond motifs is 2. The molecule has 3 nitrogen and oxygen atoms in total. The van der Waals surface area contributed by atoms with E-state index in [2.05, 4.69) is 15.3 Å². The Morgan fingerprint density at radius 2 is 1.67 bits per heavy atom. The van der Waals surface area contributed by atoms with Gasteiger partial charge in [0, 0.05) is 12.4 Å². The van der Waals surface area contributed by atoms with Crippen molar-refractivity contribution in [2.75, 3.05) is 13.1 Å². The first kappa shape index (κ1) is 9.28. The van der Waals surface area contributed by atoms with Gasteiger partial charge in [-0.1, -0.05) is 0 Å². The van der Waals surface area contributed by atoms with Crippen LogP contribution in [0.4, 0.5) is 0 Å². The Bertz CT molecular complexity index is 313. The highest BCUT2D eigenvalue weighted by molar-refractivity contribution is 5.12. The van der Waals surface area contributed by atoms with E-state index in [0.29, 0.717) is 5.92 Å². The Hall–Kier alpha value is -0.960. The van der Waals surface area contributed by atoms with Crippen LogP contribution in [-0.2, 0) is 0 Å². The Morgan fingerprint density at radius 3 is 2.33 bits per heavy atom. The van der Waals surface area contributed by atoms with Gasteiger partial charge in [-0.2, -0.15) is 0 Å². The lowest BCUT2D eigenvalue weighted by Gasteiger charge is -2.39. The van der Waals surface area contributed by atoms with Gasteiger partial charge in [-0.15, -0.1) is 0 Å². The van der Waals surface area contributed by atoms with Crippen LogP contribution in [0.5, 0.6) is 0 Å². The molecular formula is C12H17N3. The lowest BCUT2D eigenvalue weighted by molar-refractivity contribution is 0.186. The summed E-state index contributed by atoms with van der Waals surface area (Å²) in [7, 11) is 0. The van der Waals surface area contributed by atoms with Crippen molar-refractivity contribution >= 4 is 0 Å². The zero-order valence-electron chi connectivity index (χ0n) is 8.89. The normalized spacial score (nSPS) is 35.1. The van der Waals surface area contributed by atoms with Crippen molar-refractivity contribution in [2.45, 2.75) is 25.2 Å². The van der Waals surface area contributed by atoms with E-state index in [0.717, 1.165) is 11.8 Å². The minimum Gasteiger partial charge on any atom is -0.316 e. The molecule has 15 heavy (non-hydrogen) atoms. The van der Waals surface area contributed by atoms with Crippen molar-refractivity contribution in [3.05, 3.63) is 24.3 Å². The number of rotatable bonds is 1. The molecule has 2 atom stereocenters. The highest BCUT2D eigenvalue weighted by atomic mass is 14.9. The molecule has 2 bridgehead atoms. The predicted molar refractivity (Wildman–Crippen MR) is 58.5 cm³/mol. The third kappa shape index (κ3) is 1.88. The van der Waals surface area contributed by atoms with Crippen LogP contribution >= 0.6 is 0 Å². The minimum atomic E-state index is 0.706. The van der Waals surface area contributed by atoms with Gasteiger partial charge in [0.2, 0.25) is 0 Å². The van der Waals surface area contributed by atoms with E-state index in [9.17, 15) is 0 Å². The van der Waals surface area contributed by atoms with Gasteiger partial charge in [0.05, 0.1) is 0 Å². The summed E-state index contributed by atoms with van der Waals surface area (Å²) in [6.45, 7) is 2.42. The van der Waals surface area contributed by atoms with Gasteiger partial charge >= 0.3 is 0 Å². The minimum absolute atomic E-state index is 0.706. The molecule has 2 aliphatic rings. The maximum atomic E-state index is 4.13. The SMILES string of the molecule is c1ncc(C2CC3CNCC(C3)C2)cn1. The van der Waals surface area contributed by atoms with Crippen LogP contribution in [0.2, 0.25) is 0 Å². The smallest absolute Gasteiger partial charge is 0.115 e. The van der Waals surface area contributed by atoms with Crippen LogP contribution in [-0.4, -0.2) is 23.1 Å². The molecule has 1 aromatic heterocycles. The van der Waals surface area contributed by atoms with E-state index in [4.69, 9.17) is 0 Å². The van der Waals surface area contributed by atoms with Crippen molar-refractivity contribution in [2.24, 2.45) is 11.8 Å². The predicted octanol–water partition coefficient (Wildman–Crippen LogP) is 1.58. The highest BCUT2D eigenvalue weighted by Gasteiger charge is 2.32. The second kappa shape index (κ2) is 3.89. The molecule has 1 N–H and O–H groups in total. The molecule has 1 aromatic rings. The Labute approximate surface area is 90.3 Å². The molecule has 80 valence electrons. The van der Waals surface area contributed by atoms with Crippen molar-refractivity contribution in [3.63, 3.8) is 0 Å². The summed E-state index contributed by atoms with van der Waals surface area (Å²) in [6.07, 6.45) is 9.66. The average Bonchev–Trinajstić information content (AvgIpc) is 2.30. The zero-order chi connectivity index (χ0) is 10.1. The van der Waals surface area contributed by atoms with Gasteiger partial charge in [0.15, 0.2) is 0 Å². The van der Waals surface area contributed by atoms with Crippen molar-refractivity contribution in [3.8, 4) is 0 Å². The molecule has 1 aliphatic heterocycles. The van der Waals surface area contributed by atoms with Crippen LogP contribution < -0.4 is 5.32 Å². The van der Waals surface area contributed by atoms with Crippen molar-refractivity contribution in [1.29, 1.82) is 0 Å². The van der Waals surface area contributed by atoms with E-state index in [1.807, 2.05) is 12.4 Å². The molecular weight excluding hydrogens is 186 g/mol. The quantitative estimate of drug-likeness (QED) is 0.753. The second-order valence-electron chi connectivity index (χ2n) is 4.97. The van der Waals surface area contributed by atoms with E-state index < -0.39 is 0 Å². The number of hydrogen-bond donors (Lipinski definition) is 1. The molecule has 2 fully saturated rings. The zero-order valence-corrected chi connectivity index (χ0v) is 8.89. The summed E-state index contributed by atoms with van der Waals surface area (Å²) in [6, 6.07) is 0. The number of nitrogens with one attached hydrogen (secondary N) is 1. The third-order valence-corrected chi connectivity index (χ3v) is 3.82. The second-order valence-corrected chi connectivity index (χ2v) is 4.97. The molecule has 0 aromatic carbocycles. The summed E-state index contributed by atoms with van der Waals surface area (Å²) in [5.74, 6) is 2.46. The van der Waals surface area contributed by atoms with Crippen molar-refractivity contribution in [1.82, 2.24) is 15.3 Å². The lowest BCUT2D eigenvalue weighted by atomic mass is 9.71. The first-order valence-corrected chi connectivity index (χ1v) is 5.87. The van der Waals surface area contributed by atoms with E-state index in [1.54, 1.807) is 6.33 Å². The van der Waals surface area contributed by atoms with Gasteiger partial charge in [0.1, 0.15) is 6.33 Å². The van der Waals surface area contributed by atoms with Gasteiger partial charge < -0.3 is 5.32 Å². The molecule has 3 rings (SSSR count). The maximum absolute atomic E-state index is 4.13. The van der Waals surface area contributed by atoms with Crippen molar-refractivity contribution < 1.29 is 0 Å². The third-order valence-electron chi connectivity index (χ3n) is 3.82. The van der Waals surface area contributed by atoms with Gasteiger partial charge in [-0.05, 0) is 55.7 Å². The van der Waals surface area contributed by atoms with Crippen LogP contribution in [0.3, 0.4) is 0 Å². The average molecular weight is 203 g/mol. The molecule has 2 unspecified atom stereocenters. The van der Waals surface area contributed by atoms with Gasteiger partial charge in [-0.25, -0.2) is 9.97 Å². The monoisotopic (exact) mass is 203 g/mol. The number of hydrogen-bond acceptors (Lipinski definition) is 3. The summed E-state index contributed by atoms with van der Waals surface area (Å²) >= 11 is 0. The highest BCUT2D eigenvalue weighted by Crippen LogP contribution is 2.40. The number of piperidine rings is 1. The van der Waals surface area contributed by atoms with E-state index in [1.165, 1.54) is 37.9 Å². The molecule has 0 spiro atoms. The Balaban J connectivity index is 1.78. The topological polar surface area (TPSA) is 37.8 Å². The molecule has 0 amide bonds. The van der Waals surface area contributed by atoms with Crippen LogP contribution in [0.15, 0.2) is 18.7 Å². The first-order chi connectivity index (χ1) is 7.42. The molecule has 1 saturated heterocycles. The Kier molecular flexibility index (Phi) is 2.41. The fraction of sp³-hybridized carbons (Fsp3) is 0.667.